The first-order valence-electron chi connectivity index (χ1n) is 9.51. The van der Waals surface area contributed by atoms with Gasteiger partial charge in [0.05, 0.1) is 6.54 Å². The number of hydrogen-bond acceptors (Lipinski definition) is 3. The van der Waals surface area contributed by atoms with Gasteiger partial charge in [-0.2, -0.15) is 0 Å². The zero-order chi connectivity index (χ0) is 18.2. The van der Waals surface area contributed by atoms with Gasteiger partial charge in [0.2, 0.25) is 5.91 Å². The number of aryl methyl sites for hydroxylation is 1. The van der Waals surface area contributed by atoms with Crippen molar-refractivity contribution in [2.45, 2.75) is 38.9 Å². The van der Waals surface area contributed by atoms with E-state index >= 15 is 0 Å². The molecule has 4 heteroatoms. The quantitative estimate of drug-likeness (QED) is 0.806. The normalized spacial score (nSPS) is 15.7. The number of carbonyl (C=O) groups excluding carboxylic acids is 1. The van der Waals surface area contributed by atoms with Crippen LogP contribution < -0.4 is 10.6 Å². The highest BCUT2D eigenvalue weighted by atomic mass is 16.1. The van der Waals surface area contributed by atoms with Crippen molar-refractivity contribution in [1.29, 1.82) is 0 Å². The molecule has 0 atom stereocenters. The number of carbonyl (C=O) groups is 1. The van der Waals surface area contributed by atoms with Gasteiger partial charge in [-0.25, -0.2) is 0 Å². The Bertz CT molecular complexity index is 676. The van der Waals surface area contributed by atoms with Crippen molar-refractivity contribution >= 4 is 5.91 Å². The van der Waals surface area contributed by atoms with Crippen LogP contribution in [0, 0.1) is 6.92 Å². The van der Waals surface area contributed by atoms with E-state index in [1.54, 1.807) is 0 Å². The monoisotopic (exact) mass is 351 g/mol. The van der Waals surface area contributed by atoms with Crippen LogP contribution >= 0.6 is 0 Å². The molecule has 26 heavy (non-hydrogen) atoms. The van der Waals surface area contributed by atoms with Gasteiger partial charge in [-0.1, -0.05) is 60.2 Å². The zero-order valence-electron chi connectivity index (χ0n) is 15.6. The molecule has 0 aliphatic carbocycles. The lowest BCUT2D eigenvalue weighted by atomic mass is 10.0. The third-order valence-corrected chi connectivity index (χ3v) is 5.00. The molecule has 2 aromatic carbocycles. The summed E-state index contributed by atoms with van der Waals surface area (Å²) >= 11 is 0. The maximum absolute atomic E-state index is 12.0. The van der Waals surface area contributed by atoms with Crippen LogP contribution in [0.2, 0.25) is 0 Å². The number of piperidine rings is 1. The molecule has 0 aromatic heterocycles. The molecule has 0 radical (unpaired) electrons. The number of nitrogens with one attached hydrogen (secondary N) is 2. The van der Waals surface area contributed by atoms with E-state index in [2.05, 4.69) is 77.1 Å². The Kier molecular flexibility index (Phi) is 6.81. The lowest BCUT2D eigenvalue weighted by Crippen LogP contribution is -2.45. The van der Waals surface area contributed by atoms with Crippen LogP contribution in [-0.2, 0) is 17.9 Å². The van der Waals surface area contributed by atoms with E-state index in [9.17, 15) is 4.79 Å². The van der Waals surface area contributed by atoms with E-state index in [0.717, 1.165) is 38.0 Å². The van der Waals surface area contributed by atoms with E-state index in [-0.39, 0.29) is 5.91 Å². The molecule has 0 spiro atoms. The highest BCUT2D eigenvalue weighted by Crippen LogP contribution is 2.13. The average Bonchev–Trinajstić information content (AvgIpc) is 2.68. The molecule has 1 saturated heterocycles. The number of amides is 1. The van der Waals surface area contributed by atoms with Gasteiger partial charge in [-0.05, 0) is 44.0 Å². The molecule has 0 unspecified atom stereocenters. The lowest BCUT2D eigenvalue weighted by Gasteiger charge is -2.32. The van der Waals surface area contributed by atoms with Crippen LogP contribution in [0.3, 0.4) is 0 Å². The predicted molar refractivity (Wildman–Crippen MR) is 106 cm³/mol. The van der Waals surface area contributed by atoms with Crippen molar-refractivity contribution in [2.24, 2.45) is 0 Å². The highest BCUT2D eigenvalue weighted by Gasteiger charge is 2.19. The topological polar surface area (TPSA) is 44.4 Å². The molecule has 1 fully saturated rings. The Morgan fingerprint density at radius 1 is 1.00 bits per heavy atom. The van der Waals surface area contributed by atoms with Crippen LogP contribution in [0.4, 0.5) is 0 Å². The zero-order valence-corrected chi connectivity index (χ0v) is 15.6. The van der Waals surface area contributed by atoms with Crippen molar-refractivity contribution in [2.75, 3.05) is 19.6 Å². The van der Waals surface area contributed by atoms with Crippen molar-refractivity contribution in [3.05, 3.63) is 71.3 Å². The molecular weight excluding hydrogens is 322 g/mol. The Labute approximate surface area is 156 Å². The van der Waals surface area contributed by atoms with Crippen molar-refractivity contribution in [1.82, 2.24) is 15.5 Å². The number of likely N-dealkylation sites (tertiary alicyclic amines) is 1. The molecule has 1 aliphatic heterocycles. The molecule has 0 bridgehead atoms. The van der Waals surface area contributed by atoms with E-state index in [1.165, 1.54) is 11.1 Å². The number of benzene rings is 2. The van der Waals surface area contributed by atoms with Gasteiger partial charge in [-0.15, -0.1) is 0 Å². The predicted octanol–water partition coefficient (Wildman–Crippen LogP) is 2.87. The molecule has 1 amide bonds. The molecule has 1 heterocycles. The fourth-order valence-corrected chi connectivity index (χ4v) is 3.34. The van der Waals surface area contributed by atoms with Crippen molar-refractivity contribution < 1.29 is 4.79 Å². The van der Waals surface area contributed by atoms with Crippen LogP contribution in [0.1, 0.15) is 29.5 Å². The van der Waals surface area contributed by atoms with Gasteiger partial charge in [0.25, 0.3) is 0 Å². The van der Waals surface area contributed by atoms with Gasteiger partial charge in [-0.3, -0.25) is 9.69 Å². The summed E-state index contributed by atoms with van der Waals surface area (Å²) in [6.45, 7) is 6.24. The number of rotatable bonds is 7. The lowest BCUT2D eigenvalue weighted by molar-refractivity contribution is -0.120. The van der Waals surface area contributed by atoms with Gasteiger partial charge >= 0.3 is 0 Å². The third kappa shape index (κ3) is 5.97. The largest absolute Gasteiger partial charge is 0.351 e. The summed E-state index contributed by atoms with van der Waals surface area (Å²) in [6, 6.07) is 19.3. The van der Waals surface area contributed by atoms with Gasteiger partial charge in [0.1, 0.15) is 0 Å². The standard InChI is InChI=1S/C22H29N3O/c1-18-7-9-19(10-8-18)15-24-22(26)16-23-21-11-13-25(14-12-21)17-20-5-3-2-4-6-20/h2-10,21,23H,11-17H2,1H3,(H,24,26). The van der Waals surface area contributed by atoms with Crippen LogP contribution in [-0.4, -0.2) is 36.5 Å². The maximum atomic E-state index is 12.0. The van der Waals surface area contributed by atoms with Gasteiger partial charge in [0.15, 0.2) is 0 Å². The van der Waals surface area contributed by atoms with Crippen LogP contribution in [0.25, 0.3) is 0 Å². The van der Waals surface area contributed by atoms with Crippen LogP contribution in [0.15, 0.2) is 54.6 Å². The summed E-state index contributed by atoms with van der Waals surface area (Å²) in [5, 5.41) is 6.40. The first-order chi connectivity index (χ1) is 12.7. The number of nitrogens with zero attached hydrogens (tertiary/aromatic N) is 1. The summed E-state index contributed by atoms with van der Waals surface area (Å²) in [5.74, 6) is 0.0669. The molecule has 3 rings (SSSR count). The maximum Gasteiger partial charge on any atom is 0.234 e. The van der Waals surface area contributed by atoms with Gasteiger partial charge in [0, 0.05) is 19.1 Å². The second-order valence-electron chi connectivity index (χ2n) is 7.18. The first-order valence-corrected chi connectivity index (χ1v) is 9.51. The van der Waals surface area contributed by atoms with Crippen molar-refractivity contribution in [3.8, 4) is 0 Å². The minimum Gasteiger partial charge on any atom is -0.351 e. The Balaban J connectivity index is 1.32. The highest BCUT2D eigenvalue weighted by molar-refractivity contribution is 5.78. The molecule has 4 nitrogen and oxygen atoms in total. The van der Waals surface area contributed by atoms with Crippen LogP contribution in [0.5, 0.6) is 0 Å². The second kappa shape index (κ2) is 9.51. The summed E-state index contributed by atoms with van der Waals surface area (Å²) in [6.07, 6.45) is 2.19. The van der Waals surface area contributed by atoms with E-state index in [1.807, 2.05) is 0 Å². The Morgan fingerprint density at radius 3 is 2.38 bits per heavy atom. The summed E-state index contributed by atoms with van der Waals surface area (Å²) in [7, 11) is 0. The Hall–Kier alpha value is -2.17. The van der Waals surface area contributed by atoms with E-state index < -0.39 is 0 Å². The molecule has 138 valence electrons. The fraction of sp³-hybridized carbons (Fsp3) is 0.409. The second-order valence-corrected chi connectivity index (χ2v) is 7.18. The third-order valence-electron chi connectivity index (χ3n) is 5.00. The SMILES string of the molecule is Cc1ccc(CNC(=O)CNC2CCN(Cc3ccccc3)CC2)cc1. The molecule has 2 N–H and O–H groups in total. The first kappa shape index (κ1) is 18.6. The summed E-state index contributed by atoms with van der Waals surface area (Å²) < 4.78 is 0. The molecule has 1 aliphatic rings. The Morgan fingerprint density at radius 2 is 1.69 bits per heavy atom. The van der Waals surface area contributed by atoms with Gasteiger partial charge < -0.3 is 10.6 Å². The summed E-state index contributed by atoms with van der Waals surface area (Å²) in [4.78, 5) is 14.5. The fourth-order valence-electron chi connectivity index (χ4n) is 3.34. The number of hydrogen-bond donors (Lipinski definition) is 2. The minimum atomic E-state index is 0.0669. The molecular formula is C22H29N3O. The summed E-state index contributed by atoms with van der Waals surface area (Å²) in [5.41, 5.74) is 3.74. The minimum absolute atomic E-state index is 0.0669. The average molecular weight is 351 g/mol. The molecule has 2 aromatic rings. The molecule has 0 saturated carbocycles. The van der Waals surface area contributed by atoms with Crippen molar-refractivity contribution in [3.63, 3.8) is 0 Å². The smallest absolute Gasteiger partial charge is 0.234 e. The van der Waals surface area contributed by atoms with E-state index in [0.29, 0.717) is 19.1 Å². The van der Waals surface area contributed by atoms with E-state index in [4.69, 9.17) is 0 Å².